The summed E-state index contributed by atoms with van der Waals surface area (Å²) in [7, 11) is 7.16. The molecule has 3 saturated carbocycles. The van der Waals surface area contributed by atoms with Gasteiger partial charge in [-0.25, -0.2) is 0 Å². The number of alkyl halides is 4. The van der Waals surface area contributed by atoms with E-state index in [-0.39, 0.29) is 89.1 Å². The highest BCUT2D eigenvalue weighted by atomic mass is 35.5. The Hall–Kier alpha value is -5.75. The Labute approximate surface area is 528 Å². The maximum atomic E-state index is 15.0. The highest BCUT2D eigenvalue weighted by Gasteiger charge is 2.51. The lowest BCUT2D eigenvalue weighted by Crippen LogP contribution is -2.64. The summed E-state index contributed by atoms with van der Waals surface area (Å²) in [6.45, 7) is 7.66. The molecule has 26 heteroatoms. The number of hydrogen-bond donors (Lipinski definition) is 4. The molecule has 0 aromatic rings. The molecule has 4 N–H and O–H groups in total. The summed E-state index contributed by atoms with van der Waals surface area (Å²) in [5, 5.41) is 10.5. The number of fused-ring (bicyclic) bond motifs is 2. The molecule has 3 aliphatic carbocycles. The van der Waals surface area contributed by atoms with Crippen LogP contribution in [0.5, 0.6) is 0 Å². The molecule has 6 rings (SSSR count). The topological polar surface area (TPSA) is 259 Å². The predicted molar refractivity (Wildman–Crippen MR) is 327 cm³/mol. The first-order chi connectivity index (χ1) is 41.9. The minimum atomic E-state index is -4.49. The smallest absolute Gasteiger partial charge is 0.351 e. The van der Waals surface area contributed by atoms with Gasteiger partial charge >= 0.3 is 6.18 Å². The third-order valence-corrected chi connectivity index (χ3v) is 20.5. The van der Waals surface area contributed by atoms with E-state index in [1.165, 1.54) is 59.7 Å². The van der Waals surface area contributed by atoms with E-state index < -0.39 is 162 Å². The Morgan fingerprint density at radius 1 is 0.596 bits per heavy atom. The van der Waals surface area contributed by atoms with E-state index in [0.717, 1.165) is 41.9 Å². The van der Waals surface area contributed by atoms with Gasteiger partial charge in [0.2, 0.25) is 65.0 Å². The first-order valence-electron chi connectivity index (χ1n) is 32.7. The van der Waals surface area contributed by atoms with Crippen molar-refractivity contribution in [2.75, 3.05) is 68.0 Å². The molecular formula is C63H101ClF3N11O11. The van der Waals surface area contributed by atoms with Gasteiger partial charge in [-0.15, -0.1) is 11.6 Å². The van der Waals surface area contributed by atoms with Crippen molar-refractivity contribution < 1.29 is 65.9 Å². The summed E-state index contributed by atoms with van der Waals surface area (Å²) in [4.78, 5) is 168. The van der Waals surface area contributed by atoms with Crippen molar-refractivity contribution in [2.24, 2.45) is 29.6 Å². The van der Waals surface area contributed by atoms with Crippen LogP contribution in [0.4, 0.5) is 13.2 Å². The van der Waals surface area contributed by atoms with Crippen LogP contribution >= 0.6 is 11.6 Å². The molecule has 6 aliphatic rings. The van der Waals surface area contributed by atoms with Crippen LogP contribution in [-0.4, -0.2) is 227 Å². The van der Waals surface area contributed by atoms with Crippen LogP contribution in [0.15, 0.2) is 0 Å². The zero-order chi connectivity index (χ0) is 65.8. The lowest BCUT2D eigenvalue weighted by molar-refractivity contribution is -0.182. The largest absolute Gasteiger partial charge is 0.393 e. The second-order valence-electron chi connectivity index (χ2n) is 27.1. The Morgan fingerprint density at radius 2 is 1.20 bits per heavy atom. The van der Waals surface area contributed by atoms with Crippen LogP contribution in [0.2, 0.25) is 0 Å². The van der Waals surface area contributed by atoms with Gasteiger partial charge in [-0.2, -0.15) is 13.2 Å². The van der Waals surface area contributed by atoms with Gasteiger partial charge in [-0.05, 0) is 114 Å². The molecule has 1 spiro atoms. The minimum absolute atomic E-state index is 0.0171. The van der Waals surface area contributed by atoms with Gasteiger partial charge < -0.3 is 55.6 Å². The standard InChI is InChI=1S/C63H101ClF3N11O11/c1-11-39(4)53-60(88)74(8)36-51(81)72(6)37-52(82)75(9)48(34-41-20-13-12-14-21-41)59(87)73(7)35-49(79)69-45(27-25-42-24-26-43(44(64)33-42)63(65,66)67)58(86)78-31-19-23-47(78)56(84)71-62(28-16-17-29-62)61(89)76(10)54(38(2)3)57(85)68-40(5)32-50(80)77-30-18-15-22-46(77)55(83)70-53/h38-48,53-54H,11-37H2,1-10H3,(H,68,85)(H,69,79)(H,70,83)(H,71,84)/t39-,40+,42?,43?,44?,45-,46?,47-,48-,53-,54-/m0/s1. The normalized spacial score (nSPS) is 30.7. The number of likely N-dealkylation sites (N-methyl/N-ethyl adjacent to an activating group) is 5. The second kappa shape index (κ2) is 32.0. The van der Waals surface area contributed by atoms with E-state index in [4.69, 9.17) is 11.6 Å². The molecule has 502 valence electrons. The van der Waals surface area contributed by atoms with Crippen molar-refractivity contribution in [3.05, 3.63) is 0 Å². The van der Waals surface area contributed by atoms with Gasteiger partial charge in [-0.1, -0.05) is 79.1 Å². The van der Waals surface area contributed by atoms with Crippen LogP contribution < -0.4 is 21.3 Å². The van der Waals surface area contributed by atoms with E-state index in [9.17, 15) is 61.1 Å². The van der Waals surface area contributed by atoms with Crippen LogP contribution in [0.25, 0.3) is 0 Å². The number of rotatable bonds is 8. The van der Waals surface area contributed by atoms with E-state index in [1.54, 1.807) is 27.7 Å². The molecule has 6 fully saturated rings. The molecule has 0 aromatic carbocycles. The van der Waals surface area contributed by atoms with Gasteiger partial charge in [0.05, 0.1) is 25.6 Å². The Kier molecular flexibility index (Phi) is 26.0. The molecule has 3 saturated heterocycles. The summed E-state index contributed by atoms with van der Waals surface area (Å²) >= 11 is 6.36. The molecule has 4 unspecified atom stereocenters. The van der Waals surface area contributed by atoms with Crippen molar-refractivity contribution in [3.8, 4) is 0 Å². The average Bonchev–Trinajstić information content (AvgIpc) is 2.16. The van der Waals surface area contributed by atoms with Gasteiger partial charge in [-0.3, -0.25) is 52.7 Å². The average molecular weight is 1280 g/mol. The summed E-state index contributed by atoms with van der Waals surface area (Å²) in [5.74, 6) is -9.23. The summed E-state index contributed by atoms with van der Waals surface area (Å²) < 4.78 is 41.7. The van der Waals surface area contributed by atoms with Crippen LogP contribution in [0.1, 0.15) is 176 Å². The molecule has 0 bridgehead atoms. The molecule has 0 radical (unpaired) electrons. The lowest BCUT2D eigenvalue weighted by atomic mass is 9.78. The van der Waals surface area contributed by atoms with E-state index >= 15 is 4.79 Å². The zero-order valence-electron chi connectivity index (χ0n) is 54.2. The fourth-order valence-corrected chi connectivity index (χ4v) is 15.0. The molecule has 11 atom stereocenters. The third kappa shape index (κ3) is 18.5. The predicted octanol–water partition coefficient (Wildman–Crippen LogP) is 4.73. The van der Waals surface area contributed by atoms with Gasteiger partial charge in [0.25, 0.3) is 0 Å². The van der Waals surface area contributed by atoms with Crippen molar-refractivity contribution in [1.29, 1.82) is 0 Å². The summed E-state index contributed by atoms with van der Waals surface area (Å²) in [6.07, 6.45) is 4.37. The minimum Gasteiger partial charge on any atom is -0.351 e. The first-order valence-corrected chi connectivity index (χ1v) is 33.1. The molecule has 3 aliphatic heterocycles. The molecule has 11 amide bonds. The van der Waals surface area contributed by atoms with Crippen LogP contribution in [-0.2, 0) is 52.7 Å². The lowest BCUT2D eigenvalue weighted by Gasteiger charge is -2.39. The van der Waals surface area contributed by atoms with Crippen molar-refractivity contribution >= 4 is 76.6 Å². The maximum Gasteiger partial charge on any atom is 0.393 e. The number of piperidine rings is 1. The number of nitrogens with one attached hydrogen (secondary N) is 4. The fraction of sp³-hybridized carbons (Fsp3) is 0.825. The second-order valence-corrected chi connectivity index (χ2v) is 27.7. The van der Waals surface area contributed by atoms with Gasteiger partial charge in [0.1, 0.15) is 41.8 Å². The number of amides is 11. The fourth-order valence-electron chi connectivity index (χ4n) is 14.4. The monoisotopic (exact) mass is 1280 g/mol. The summed E-state index contributed by atoms with van der Waals surface area (Å²) in [6, 6.07) is -7.37. The van der Waals surface area contributed by atoms with Gasteiger partial charge in [0, 0.05) is 66.2 Å². The quantitative estimate of drug-likeness (QED) is 0.242. The number of hydrogen-bond acceptors (Lipinski definition) is 11. The first kappa shape index (κ1) is 72.3. The molecule has 22 nitrogen and oxygen atoms in total. The third-order valence-electron chi connectivity index (χ3n) is 20.0. The Balaban J connectivity index is 1.33. The van der Waals surface area contributed by atoms with Crippen LogP contribution in [0.3, 0.4) is 0 Å². The highest BCUT2D eigenvalue weighted by Crippen LogP contribution is 2.44. The number of carbonyl (C=O) groups is 11. The number of nitrogens with zero attached hydrogens (tertiary/aromatic N) is 7. The zero-order valence-corrected chi connectivity index (χ0v) is 55.0. The summed E-state index contributed by atoms with van der Waals surface area (Å²) in [5.41, 5.74) is -1.47. The number of carbonyl (C=O) groups excluding carboxylic acids is 11. The van der Waals surface area contributed by atoms with E-state index in [1.807, 2.05) is 6.92 Å². The molecular weight excluding hydrogens is 1180 g/mol. The maximum absolute atomic E-state index is 15.0. The Morgan fingerprint density at radius 3 is 1.83 bits per heavy atom. The van der Waals surface area contributed by atoms with Crippen molar-refractivity contribution in [3.63, 3.8) is 0 Å². The number of halogens is 4. The van der Waals surface area contributed by atoms with Crippen molar-refractivity contribution in [1.82, 2.24) is 55.6 Å². The SMILES string of the molecule is CC[C@H](C)[C@@H]1NC(=O)C2CCCCN2C(=O)C[C@@H](C)NC(=O)[C@H](C(C)C)N(C)C(=O)C2(CCCC2)NC(=O)[C@@H]2CCCN2C(=O)[C@H](CCC2CCC(C(F)(F)F)C(Cl)C2)NC(=O)CN(C)C(=O)[C@H](CC2CCCCC2)N(C)C(=O)CN(C)C(=O)CN(C)C1=O. The van der Waals surface area contributed by atoms with Crippen LogP contribution in [0, 0.1) is 29.6 Å². The highest BCUT2D eigenvalue weighted by molar-refractivity contribution is 6.20. The van der Waals surface area contributed by atoms with Crippen molar-refractivity contribution in [2.45, 2.75) is 235 Å². The van der Waals surface area contributed by atoms with E-state index in [0.29, 0.717) is 44.9 Å². The van der Waals surface area contributed by atoms with Gasteiger partial charge in [0.15, 0.2) is 0 Å². The molecule has 3 heterocycles. The Bertz CT molecular complexity index is 2550. The van der Waals surface area contributed by atoms with E-state index in [2.05, 4.69) is 21.3 Å². The molecule has 0 aromatic heterocycles. The molecule has 89 heavy (non-hydrogen) atoms.